The summed E-state index contributed by atoms with van der Waals surface area (Å²) in [4.78, 5) is 13.9. The SMILES string of the molecule is CC(C)(C)OC(=O)N1CCCNCC1(C)C. The van der Waals surface area contributed by atoms with Crippen molar-refractivity contribution in [1.82, 2.24) is 10.2 Å². The van der Waals surface area contributed by atoms with Crippen LogP contribution >= 0.6 is 0 Å². The summed E-state index contributed by atoms with van der Waals surface area (Å²) in [7, 11) is 0. The molecule has 1 heterocycles. The van der Waals surface area contributed by atoms with E-state index in [-0.39, 0.29) is 11.6 Å². The minimum atomic E-state index is -0.424. The lowest BCUT2D eigenvalue weighted by atomic mass is 10.0. The van der Waals surface area contributed by atoms with Crippen LogP contribution in [0.1, 0.15) is 41.0 Å². The molecule has 0 atom stereocenters. The van der Waals surface area contributed by atoms with Crippen molar-refractivity contribution >= 4 is 6.09 Å². The Bertz CT molecular complexity index is 256. The van der Waals surface area contributed by atoms with Gasteiger partial charge in [-0.3, -0.25) is 0 Å². The van der Waals surface area contributed by atoms with E-state index in [1.54, 1.807) is 0 Å². The number of amides is 1. The Hall–Kier alpha value is -0.770. The van der Waals surface area contributed by atoms with E-state index in [1.165, 1.54) is 0 Å². The van der Waals surface area contributed by atoms with Gasteiger partial charge in [0.1, 0.15) is 5.60 Å². The van der Waals surface area contributed by atoms with E-state index in [9.17, 15) is 4.79 Å². The second-order valence-electron chi connectivity index (χ2n) is 5.97. The van der Waals surface area contributed by atoms with Crippen LogP contribution < -0.4 is 5.32 Å². The summed E-state index contributed by atoms with van der Waals surface area (Å²) < 4.78 is 5.43. The molecule has 1 N–H and O–H groups in total. The summed E-state index contributed by atoms with van der Waals surface area (Å²) in [6.45, 7) is 12.4. The number of nitrogens with one attached hydrogen (secondary N) is 1. The zero-order valence-corrected chi connectivity index (χ0v) is 11.1. The Morgan fingerprint density at radius 2 is 2.00 bits per heavy atom. The first-order valence-corrected chi connectivity index (χ1v) is 5.94. The maximum atomic E-state index is 12.1. The van der Waals surface area contributed by atoms with E-state index in [0.29, 0.717) is 0 Å². The molecule has 4 nitrogen and oxygen atoms in total. The van der Waals surface area contributed by atoms with Gasteiger partial charge in [0.05, 0.1) is 5.54 Å². The molecule has 0 bridgehead atoms. The van der Waals surface area contributed by atoms with Crippen molar-refractivity contribution in [3.8, 4) is 0 Å². The van der Waals surface area contributed by atoms with Gasteiger partial charge in [0.15, 0.2) is 0 Å². The maximum absolute atomic E-state index is 12.1. The molecule has 1 aliphatic rings. The zero-order valence-electron chi connectivity index (χ0n) is 11.1. The van der Waals surface area contributed by atoms with Gasteiger partial charge in [0.25, 0.3) is 0 Å². The highest BCUT2D eigenvalue weighted by Gasteiger charge is 2.34. The number of rotatable bonds is 0. The van der Waals surface area contributed by atoms with Crippen molar-refractivity contribution in [2.24, 2.45) is 0 Å². The average molecular weight is 228 g/mol. The molecular weight excluding hydrogens is 204 g/mol. The highest BCUT2D eigenvalue weighted by atomic mass is 16.6. The van der Waals surface area contributed by atoms with Crippen LogP contribution in [0, 0.1) is 0 Å². The molecule has 0 aromatic carbocycles. The topological polar surface area (TPSA) is 41.6 Å². The Morgan fingerprint density at radius 3 is 2.56 bits per heavy atom. The van der Waals surface area contributed by atoms with Gasteiger partial charge in [0.2, 0.25) is 0 Å². The maximum Gasteiger partial charge on any atom is 0.410 e. The molecule has 1 saturated heterocycles. The van der Waals surface area contributed by atoms with Crippen LogP contribution in [0.2, 0.25) is 0 Å². The Balaban J connectivity index is 2.71. The van der Waals surface area contributed by atoms with Gasteiger partial charge >= 0.3 is 6.09 Å². The molecule has 0 spiro atoms. The van der Waals surface area contributed by atoms with E-state index in [4.69, 9.17) is 4.74 Å². The van der Waals surface area contributed by atoms with Gasteiger partial charge < -0.3 is 15.0 Å². The molecule has 1 aliphatic heterocycles. The number of hydrogen-bond acceptors (Lipinski definition) is 3. The van der Waals surface area contributed by atoms with E-state index < -0.39 is 5.60 Å². The third-order valence-electron chi connectivity index (χ3n) is 2.64. The van der Waals surface area contributed by atoms with Crippen LogP contribution in [0.3, 0.4) is 0 Å². The number of nitrogens with zero attached hydrogens (tertiary/aromatic N) is 1. The largest absolute Gasteiger partial charge is 0.444 e. The highest BCUT2D eigenvalue weighted by Crippen LogP contribution is 2.20. The molecule has 1 amide bonds. The Kier molecular flexibility index (Phi) is 3.84. The van der Waals surface area contributed by atoms with Gasteiger partial charge in [-0.15, -0.1) is 0 Å². The average Bonchev–Trinajstić information content (AvgIpc) is 2.22. The second-order valence-corrected chi connectivity index (χ2v) is 5.97. The van der Waals surface area contributed by atoms with E-state index in [1.807, 2.05) is 25.7 Å². The number of carbonyl (C=O) groups is 1. The van der Waals surface area contributed by atoms with Crippen LogP contribution in [-0.2, 0) is 4.74 Å². The summed E-state index contributed by atoms with van der Waals surface area (Å²) in [5.74, 6) is 0. The minimum absolute atomic E-state index is 0.182. The number of carbonyl (C=O) groups excluding carboxylic acids is 1. The van der Waals surface area contributed by atoms with Crippen molar-refractivity contribution in [2.75, 3.05) is 19.6 Å². The van der Waals surface area contributed by atoms with Gasteiger partial charge in [-0.05, 0) is 47.6 Å². The minimum Gasteiger partial charge on any atom is -0.444 e. The van der Waals surface area contributed by atoms with Gasteiger partial charge in [-0.25, -0.2) is 4.79 Å². The molecular formula is C12H24N2O2. The Labute approximate surface area is 98.3 Å². The molecule has 0 aromatic heterocycles. The van der Waals surface area contributed by atoms with Crippen LogP contribution in [0.5, 0.6) is 0 Å². The van der Waals surface area contributed by atoms with Crippen molar-refractivity contribution in [2.45, 2.75) is 52.2 Å². The predicted molar refractivity (Wildman–Crippen MR) is 64.5 cm³/mol. The summed E-state index contributed by atoms with van der Waals surface area (Å²) in [6, 6.07) is 0. The van der Waals surface area contributed by atoms with Crippen molar-refractivity contribution in [3.63, 3.8) is 0 Å². The van der Waals surface area contributed by atoms with Crippen molar-refractivity contribution in [1.29, 1.82) is 0 Å². The lowest BCUT2D eigenvalue weighted by Crippen LogP contribution is -2.52. The summed E-state index contributed by atoms with van der Waals surface area (Å²) in [6.07, 6.45) is 0.768. The fraction of sp³-hybridized carbons (Fsp3) is 0.917. The van der Waals surface area contributed by atoms with Crippen LogP contribution in [0.15, 0.2) is 0 Å². The van der Waals surface area contributed by atoms with E-state index in [2.05, 4.69) is 19.2 Å². The number of ether oxygens (including phenoxy) is 1. The first kappa shape index (κ1) is 13.3. The quantitative estimate of drug-likeness (QED) is 0.689. The molecule has 1 fully saturated rings. The Morgan fingerprint density at radius 1 is 1.38 bits per heavy atom. The highest BCUT2D eigenvalue weighted by molar-refractivity contribution is 5.69. The normalized spacial score (nSPS) is 21.4. The van der Waals surface area contributed by atoms with Crippen LogP contribution in [0.25, 0.3) is 0 Å². The molecule has 1 rings (SSSR count). The first-order chi connectivity index (χ1) is 7.22. The smallest absolute Gasteiger partial charge is 0.410 e. The molecule has 0 aromatic rings. The predicted octanol–water partition coefficient (Wildman–Crippen LogP) is 2.00. The van der Waals surface area contributed by atoms with E-state index >= 15 is 0 Å². The second kappa shape index (κ2) is 4.62. The summed E-state index contributed by atoms with van der Waals surface area (Å²) in [5, 5.41) is 3.34. The zero-order chi connectivity index (χ0) is 12.4. The molecule has 0 radical (unpaired) electrons. The van der Waals surface area contributed by atoms with Crippen molar-refractivity contribution in [3.05, 3.63) is 0 Å². The molecule has 16 heavy (non-hydrogen) atoms. The molecule has 94 valence electrons. The monoisotopic (exact) mass is 228 g/mol. The van der Waals surface area contributed by atoms with Crippen LogP contribution in [0.4, 0.5) is 4.79 Å². The summed E-state index contributed by atoms with van der Waals surface area (Å²) >= 11 is 0. The molecule has 4 heteroatoms. The van der Waals surface area contributed by atoms with Crippen molar-refractivity contribution < 1.29 is 9.53 Å². The van der Waals surface area contributed by atoms with Gasteiger partial charge in [-0.2, -0.15) is 0 Å². The summed E-state index contributed by atoms with van der Waals surface area (Å²) in [5.41, 5.74) is -0.605. The molecule has 0 unspecified atom stereocenters. The third-order valence-corrected chi connectivity index (χ3v) is 2.64. The standard InChI is InChI=1S/C12H24N2O2/c1-11(2,3)16-10(15)14-8-6-7-13-9-12(14,4)5/h13H,6-9H2,1-5H3. The third kappa shape index (κ3) is 3.67. The fourth-order valence-corrected chi connectivity index (χ4v) is 1.81. The first-order valence-electron chi connectivity index (χ1n) is 5.94. The fourth-order valence-electron chi connectivity index (χ4n) is 1.81. The van der Waals surface area contributed by atoms with Crippen LogP contribution in [-0.4, -0.2) is 41.8 Å². The van der Waals surface area contributed by atoms with Gasteiger partial charge in [0, 0.05) is 13.1 Å². The number of hydrogen-bond donors (Lipinski definition) is 1. The van der Waals surface area contributed by atoms with Gasteiger partial charge in [-0.1, -0.05) is 0 Å². The lowest BCUT2D eigenvalue weighted by molar-refractivity contribution is 0.00601. The lowest BCUT2D eigenvalue weighted by Gasteiger charge is -2.37. The van der Waals surface area contributed by atoms with E-state index in [0.717, 1.165) is 26.1 Å². The molecule has 0 saturated carbocycles. The molecule has 0 aliphatic carbocycles.